The highest BCUT2D eigenvalue weighted by molar-refractivity contribution is 9.10. The first kappa shape index (κ1) is 14.7. The van der Waals surface area contributed by atoms with E-state index in [2.05, 4.69) is 35.1 Å². The number of hydrogen-bond donors (Lipinski definition) is 1. The van der Waals surface area contributed by atoms with Crippen LogP contribution in [0.1, 0.15) is 35.5 Å². The maximum absolute atomic E-state index is 5.82. The topological polar surface area (TPSA) is 34.4 Å². The minimum Gasteiger partial charge on any atom is -0.486 e. The molecule has 2 aromatic rings. The lowest BCUT2D eigenvalue weighted by atomic mass is 10.1. The van der Waals surface area contributed by atoms with Crippen LogP contribution in [0.4, 0.5) is 0 Å². The lowest BCUT2D eigenvalue weighted by Gasteiger charge is -2.09. The summed E-state index contributed by atoms with van der Waals surface area (Å²) in [6.07, 6.45) is 2.58. The van der Waals surface area contributed by atoms with Crippen LogP contribution in [0, 0.1) is 13.8 Å². The van der Waals surface area contributed by atoms with E-state index in [9.17, 15) is 0 Å². The van der Waals surface area contributed by atoms with Gasteiger partial charge in [0, 0.05) is 10.5 Å². The molecule has 1 heterocycles. The second-order valence-electron chi connectivity index (χ2n) is 5.68. The maximum Gasteiger partial charge on any atom is 0.146 e. The van der Waals surface area contributed by atoms with Crippen LogP contribution in [0.15, 0.2) is 33.2 Å². The second-order valence-corrected chi connectivity index (χ2v) is 6.48. The van der Waals surface area contributed by atoms with E-state index in [-0.39, 0.29) is 0 Å². The number of benzene rings is 1. The first-order valence-electron chi connectivity index (χ1n) is 7.32. The van der Waals surface area contributed by atoms with Crippen molar-refractivity contribution >= 4 is 15.9 Å². The summed E-state index contributed by atoms with van der Waals surface area (Å²) in [4.78, 5) is 0. The summed E-state index contributed by atoms with van der Waals surface area (Å²) in [5, 5.41) is 3.44. The molecule has 0 spiro atoms. The van der Waals surface area contributed by atoms with Crippen molar-refractivity contribution in [3.8, 4) is 5.75 Å². The Hall–Kier alpha value is -1.26. The molecule has 0 aliphatic heterocycles. The van der Waals surface area contributed by atoms with Gasteiger partial charge in [0.05, 0.1) is 6.54 Å². The molecular weight excluding hydrogens is 330 g/mol. The zero-order valence-corrected chi connectivity index (χ0v) is 14.0. The van der Waals surface area contributed by atoms with E-state index >= 15 is 0 Å². The molecule has 4 heteroatoms. The summed E-state index contributed by atoms with van der Waals surface area (Å²) in [6.45, 7) is 5.40. The summed E-state index contributed by atoms with van der Waals surface area (Å²) in [6, 6.07) is 8.78. The minimum atomic E-state index is 0.462. The highest BCUT2D eigenvalue weighted by Crippen LogP contribution is 2.27. The fourth-order valence-electron chi connectivity index (χ4n) is 2.27. The average Bonchev–Trinajstić information content (AvgIpc) is 3.18. The van der Waals surface area contributed by atoms with Gasteiger partial charge in [0.25, 0.3) is 0 Å². The number of rotatable bonds is 6. The summed E-state index contributed by atoms with van der Waals surface area (Å²) in [5.74, 6) is 2.71. The molecule has 1 aliphatic rings. The second kappa shape index (κ2) is 6.24. The van der Waals surface area contributed by atoms with Gasteiger partial charge in [-0.2, -0.15) is 0 Å². The zero-order valence-electron chi connectivity index (χ0n) is 12.4. The molecular formula is C17H20BrNO2. The van der Waals surface area contributed by atoms with Crippen molar-refractivity contribution in [2.75, 3.05) is 0 Å². The van der Waals surface area contributed by atoms with Gasteiger partial charge in [-0.25, -0.2) is 0 Å². The van der Waals surface area contributed by atoms with Gasteiger partial charge in [-0.1, -0.05) is 15.9 Å². The van der Waals surface area contributed by atoms with Crippen molar-refractivity contribution in [3.63, 3.8) is 0 Å². The lowest BCUT2D eigenvalue weighted by Crippen LogP contribution is -2.14. The van der Waals surface area contributed by atoms with E-state index in [1.807, 2.05) is 24.3 Å². The van der Waals surface area contributed by atoms with Gasteiger partial charge < -0.3 is 14.5 Å². The molecule has 1 fully saturated rings. The first-order chi connectivity index (χ1) is 10.1. The van der Waals surface area contributed by atoms with Crippen LogP contribution >= 0.6 is 15.9 Å². The van der Waals surface area contributed by atoms with E-state index in [0.29, 0.717) is 12.6 Å². The minimum absolute atomic E-state index is 0.462. The molecule has 1 N–H and O–H groups in total. The summed E-state index contributed by atoms with van der Waals surface area (Å²) < 4.78 is 12.7. The van der Waals surface area contributed by atoms with Crippen molar-refractivity contribution in [1.82, 2.24) is 5.32 Å². The third kappa shape index (κ3) is 3.89. The van der Waals surface area contributed by atoms with Crippen LogP contribution in [0.2, 0.25) is 0 Å². The van der Waals surface area contributed by atoms with Crippen LogP contribution < -0.4 is 10.1 Å². The molecule has 0 saturated heterocycles. The zero-order chi connectivity index (χ0) is 14.8. The highest BCUT2D eigenvalue weighted by atomic mass is 79.9. The molecule has 0 amide bonds. The van der Waals surface area contributed by atoms with Crippen LogP contribution in [-0.4, -0.2) is 6.04 Å². The van der Waals surface area contributed by atoms with Crippen LogP contribution in [0.3, 0.4) is 0 Å². The van der Waals surface area contributed by atoms with Crippen molar-refractivity contribution in [2.45, 2.75) is 45.9 Å². The predicted octanol–water partition coefficient (Wildman–Crippen LogP) is 4.49. The van der Waals surface area contributed by atoms with Gasteiger partial charge in [0.15, 0.2) is 0 Å². The Bertz CT molecular complexity index is 608. The number of aryl methyl sites for hydroxylation is 2. The monoisotopic (exact) mass is 349 g/mol. The van der Waals surface area contributed by atoms with Gasteiger partial charge in [-0.05, 0) is 62.1 Å². The maximum atomic E-state index is 5.82. The Kier molecular flexibility index (Phi) is 4.36. The Labute approximate surface area is 133 Å². The first-order valence-corrected chi connectivity index (χ1v) is 8.11. The average molecular weight is 350 g/mol. The van der Waals surface area contributed by atoms with Crippen LogP contribution in [0.5, 0.6) is 5.75 Å². The van der Waals surface area contributed by atoms with Crippen molar-refractivity contribution in [1.29, 1.82) is 0 Å². The van der Waals surface area contributed by atoms with Crippen molar-refractivity contribution in [3.05, 3.63) is 51.4 Å². The molecule has 1 aromatic carbocycles. The molecule has 21 heavy (non-hydrogen) atoms. The molecule has 112 valence electrons. The molecule has 0 radical (unpaired) electrons. The van der Waals surface area contributed by atoms with Gasteiger partial charge in [0.2, 0.25) is 0 Å². The molecule has 0 unspecified atom stereocenters. The fraction of sp³-hybridized carbons (Fsp3) is 0.412. The van der Waals surface area contributed by atoms with E-state index in [4.69, 9.17) is 9.15 Å². The highest BCUT2D eigenvalue weighted by Gasteiger charge is 2.20. The van der Waals surface area contributed by atoms with E-state index in [0.717, 1.165) is 28.3 Å². The SMILES string of the molecule is Cc1cc(OCc2ccc(CNC3CC3)o2)cc(C)c1Br. The van der Waals surface area contributed by atoms with Gasteiger partial charge in [-0.15, -0.1) is 0 Å². The third-order valence-corrected chi connectivity index (χ3v) is 4.90. The molecule has 1 aromatic heterocycles. The van der Waals surface area contributed by atoms with E-state index in [1.165, 1.54) is 24.0 Å². The lowest BCUT2D eigenvalue weighted by molar-refractivity contribution is 0.264. The van der Waals surface area contributed by atoms with E-state index < -0.39 is 0 Å². The Morgan fingerprint density at radius 1 is 1.19 bits per heavy atom. The number of hydrogen-bond acceptors (Lipinski definition) is 3. The summed E-state index contributed by atoms with van der Waals surface area (Å²) in [7, 11) is 0. The fourth-order valence-corrected chi connectivity index (χ4v) is 2.50. The number of halogens is 1. The third-order valence-electron chi connectivity index (χ3n) is 3.65. The van der Waals surface area contributed by atoms with Gasteiger partial charge >= 0.3 is 0 Å². The molecule has 0 atom stereocenters. The Morgan fingerprint density at radius 3 is 2.52 bits per heavy atom. The van der Waals surface area contributed by atoms with Crippen LogP contribution in [0.25, 0.3) is 0 Å². The molecule has 1 saturated carbocycles. The molecule has 3 nitrogen and oxygen atoms in total. The normalized spacial score (nSPS) is 14.4. The molecule has 1 aliphatic carbocycles. The number of nitrogens with one attached hydrogen (secondary N) is 1. The standard InChI is InChI=1S/C17H20BrNO2/c1-11-7-16(8-12(2)17(11)18)20-10-15-6-5-14(21-15)9-19-13-3-4-13/h5-8,13,19H,3-4,9-10H2,1-2H3. The number of furan rings is 1. The van der Waals surface area contributed by atoms with Gasteiger partial charge in [-0.3, -0.25) is 0 Å². The smallest absolute Gasteiger partial charge is 0.146 e. The molecule has 3 rings (SSSR count). The van der Waals surface area contributed by atoms with Crippen molar-refractivity contribution in [2.24, 2.45) is 0 Å². The van der Waals surface area contributed by atoms with Crippen LogP contribution in [-0.2, 0) is 13.2 Å². The van der Waals surface area contributed by atoms with E-state index in [1.54, 1.807) is 0 Å². The molecule has 0 bridgehead atoms. The largest absolute Gasteiger partial charge is 0.486 e. The predicted molar refractivity (Wildman–Crippen MR) is 86.5 cm³/mol. The number of ether oxygens (including phenoxy) is 1. The van der Waals surface area contributed by atoms with Crippen molar-refractivity contribution < 1.29 is 9.15 Å². The van der Waals surface area contributed by atoms with Gasteiger partial charge in [0.1, 0.15) is 23.9 Å². The summed E-state index contributed by atoms with van der Waals surface area (Å²) in [5.41, 5.74) is 2.36. The Balaban J connectivity index is 1.56. The quantitative estimate of drug-likeness (QED) is 0.834. The Morgan fingerprint density at radius 2 is 1.86 bits per heavy atom. The summed E-state index contributed by atoms with van der Waals surface area (Å²) >= 11 is 3.57.